The van der Waals surface area contributed by atoms with Crippen LogP contribution in [0.5, 0.6) is 0 Å². The van der Waals surface area contributed by atoms with Crippen molar-refractivity contribution in [2.75, 3.05) is 142 Å². The molecule has 10 N–H and O–H groups in total. The molecule has 4 aliphatic rings. The van der Waals surface area contributed by atoms with E-state index in [4.69, 9.17) is 37.8 Å². The van der Waals surface area contributed by atoms with Crippen LogP contribution in [0, 0.1) is 25.7 Å². The van der Waals surface area contributed by atoms with E-state index in [1.54, 1.807) is 74.1 Å². The highest BCUT2D eigenvalue weighted by Crippen LogP contribution is 2.33. The standard InChI is InChI=1S/C13H20N4O.C13H22N4.C12H15N5O.C11H17N3O.C10H12N4/c1-16(2)13(18)10-4-3-7-17(9-10)12-5-6-15-8-11(12)14;1-16(2)10-11-4-7-17(8-5-11)13-3-6-15-9-12(13)14;13-10-7-14-4-1-11(10)17-5-2-9(3-6-17)12-16-15-8-18-12;1-15-9-3-6-14(7-4-9)11-2-5-13-8-10(11)12;1-7-8(2)14(6-13-7)10-3-4-12-5-9(10)11/h5-6,8,10H,3-4,7,9,14H2,1-2H3;3,6,9,11H,4-5,7-8,10,14H2,1-2H3;1,4,7-9H,2-3,5-6,13H2;2,5,8-9H,3-4,6-7,12H2,1H3;3-6H,11H2,1-2H3. The maximum atomic E-state index is 12.0. The molecule has 1 unspecified atom stereocenters. The number of hydrogen-bond donors (Lipinski definition) is 5. The first-order valence-corrected chi connectivity index (χ1v) is 28.2. The van der Waals surface area contributed by atoms with Gasteiger partial charge >= 0.3 is 0 Å². The molecule has 0 saturated carbocycles. The highest BCUT2D eigenvalue weighted by molar-refractivity contribution is 5.80. The molecule has 4 aliphatic heterocycles. The van der Waals surface area contributed by atoms with Crippen molar-refractivity contribution in [2.24, 2.45) is 11.8 Å². The van der Waals surface area contributed by atoms with E-state index in [1.807, 2.05) is 69.0 Å². The number of piperidine rings is 4. The van der Waals surface area contributed by atoms with Gasteiger partial charge in [-0.25, -0.2) is 4.98 Å². The number of nitrogens with zero attached hydrogens (tertiary/aromatic N) is 15. The second-order valence-corrected chi connectivity index (χ2v) is 21.6. The molecular weight excluding hydrogens is 1040 g/mol. The molecule has 82 heavy (non-hydrogen) atoms. The zero-order valence-corrected chi connectivity index (χ0v) is 49.0. The number of rotatable bonds is 10. The molecule has 0 bridgehead atoms. The van der Waals surface area contributed by atoms with Crippen LogP contribution in [0.2, 0.25) is 0 Å². The smallest absolute Gasteiger partial charge is 0.226 e. The topological polar surface area (TPSA) is 297 Å². The van der Waals surface area contributed by atoms with Crippen LogP contribution in [-0.2, 0) is 9.53 Å². The molecule has 440 valence electrons. The van der Waals surface area contributed by atoms with E-state index in [0.29, 0.717) is 23.4 Å². The second kappa shape index (κ2) is 30.5. The molecule has 7 aromatic heterocycles. The molecule has 11 rings (SSSR count). The molecule has 1 atom stereocenters. The lowest BCUT2D eigenvalue weighted by molar-refractivity contribution is -0.133. The fraction of sp³-hybridized carbons (Fsp3) is 0.475. The predicted molar refractivity (Wildman–Crippen MR) is 328 cm³/mol. The molecule has 1 amide bonds. The molecule has 0 aliphatic carbocycles. The minimum atomic E-state index is 0.0707. The van der Waals surface area contributed by atoms with Crippen molar-refractivity contribution in [3.05, 3.63) is 122 Å². The maximum Gasteiger partial charge on any atom is 0.226 e. The third kappa shape index (κ3) is 17.1. The normalized spacial score (nSPS) is 16.8. The van der Waals surface area contributed by atoms with Gasteiger partial charge < -0.3 is 71.8 Å². The number of carbonyl (C=O) groups is 1. The Morgan fingerprint density at radius 3 is 1.43 bits per heavy atom. The van der Waals surface area contributed by atoms with Crippen molar-refractivity contribution < 1.29 is 13.9 Å². The number of pyridine rings is 5. The van der Waals surface area contributed by atoms with Crippen LogP contribution in [0.4, 0.5) is 51.2 Å². The fourth-order valence-corrected chi connectivity index (χ4v) is 10.8. The third-order valence-electron chi connectivity index (χ3n) is 15.5. The monoisotopic (exact) mass is 1120 g/mol. The Morgan fingerprint density at radius 1 is 0.598 bits per heavy atom. The van der Waals surface area contributed by atoms with Crippen LogP contribution in [-0.4, -0.2) is 161 Å². The van der Waals surface area contributed by atoms with Crippen LogP contribution in [0.15, 0.2) is 109 Å². The van der Waals surface area contributed by atoms with Crippen molar-refractivity contribution in [2.45, 2.75) is 77.2 Å². The summed E-state index contributed by atoms with van der Waals surface area (Å²) >= 11 is 0. The minimum Gasteiger partial charge on any atom is -0.428 e. The maximum absolute atomic E-state index is 12.0. The summed E-state index contributed by atoms with van der Waals surface area (Å²) in [5.74, 6) is 2.21. The first-order valence-electron chi connectivity index (χ1n) is 28.2. The largest absolute Gasteiger partial charge is 0.428 e. The number of imidazole rings is 1. The highest BCUT2D eigenvalue weighted by Gasteiger charge is 2.29. The number of aromatic nitrogens is 9. The van der Waals surface area contributed by atoms with E-state index in [0.717, 1.165) is 160 Å². The van der Waals surface area contributed by atoms with Crippen LogP contribution < -0.4 is 48.3 Å². The number of aryl methyl sites for hydroxylation is 1. The van der Waals surface area contributed by atoms with Gasteiger partial charge in [-0.3, -0.25) is 29.7 Å². The van der Waals surface area contributed by atoms with Crippen molar-refractivity contribution in [3.8, 4) is 5.69 Å². The summed E-state index contributed by atoms with van der Waals surface area (Å²) in [7, 11) is 9.69. The Bertz CT molecular complexity index is 3000. The Morgan fingerprint density at radius 2 is 1.04 bits per heavy atom. The van der Waals surface area contributed by atoms with Crippen molar-refractivity contribution in [1.29, 1.82) is 0 Å². The van der Waals surface area contributed by atoms with E-state index in [9.17, 15) is 4.79 Å². The SMILES string of the molecule is CN(C)C(=O)C1CCCN(c2ccncc2N)C1.CN(C)CC1CCN(c2ccncc2N)CC1.COC1CCN(c2ccncc2N)CC1.Cc1ncn(-c2ccncc2N)c1C.Nc1cnccc1N1CCC(c2nnco2)CC1. The van der Waals surface area contributed by atoms with Gasteiger partial charge in [0.1, 0.15) is 0 Å². The van der Waals surface area contributed by atoms with Gasteiger partial charge in [0.25, 0.3) is 0 Å². The van der Waals surface area contributed by atoms with Gasteiger partial charge in [0, 0.05) is 123 Å². The van der Waals surface area contributed by atoms with Gasteiger partial charge in [-0.05, 0) is 116 Å². The third-order valence-corrected chi connectivity index (χ3v) is 15.5. The van der Waals surface area contributed by atoms with Crippen molar-refractivity contribution >= 4 is 57.1 Å². The number of nitrogen functional groups attached to an aromatic ring is 5. The number of nitrogens with two attached hydrogens (primary N) is 5. The Kier molecular flexibility index (Phi) is 22.8. The summed E-state index contributed by atoms with van der Waals surface area (Å²) in [5, 5.41) is 7.72. The fourth-order valence-electron chi connectivity index (χ4n) is 10.8. The molecule has 23 heteroatoms. The summed E-state index contributed by atoms with van der Waals surface area (Å²) in [6, 6.07) is 9.74. The Balaban J connectivity index is 0.000000148. The first kappa shape index (κ1) is 61.3. The van der Waals surface area contributed by atoms with E-state index >= 15 is 0 Å². The van der Waals surface area contributed by atoms with Gasteiger partial charge in [-0.2, -0.15) is 0 Å². The minimum absolute atomic E-state index is 0.0707. The number of amides is 1. The molecule has 4 fully saturated rings. The molecule has 11 heterocycles. The molecule has 4 saturated heterocycles. The van der Waals surface area contributed by atoms with Crippen LogP contribution >= 0.6 is 0 Å². The van der Waals surface area contributed by atoms with Crippen LogP contribution in [0.3, 0.4) is 0 Å². The number of ether oxygens (including phenoxy) is 1. The zero-order valence-electron chi connectivity index (χ0n) is 49.0. The Labute approximate surface area is 483 Å². The van der Waals surface area contributed by atoms with Crippen molar-refractivity contribution in [1.82, 2.24) is 54.5 Å². The summed E-state index contributed by atoms with van der Waals surface area (Å²) in [5.41, 5.74) is 40.5. The lowest BCUT2D eigenvalue weighted by Gasteiger charge is -2.35. The summed E-state index contributed by atoms with van der Waals surface area (Å²) < 4.78 is 12.6. The molecule has 0 aromatic carbocycles. The number of hydrogen-bond acceptors (Lipinski definition) is 21. The van der Waals surface area contributed by atoms with Crippen LogP contribution in [0.1, 0.15) is 74.6 Å². The summed E-state index contributed by atoms with van der Waals surface area (Å²) in [6.07, 6.45) is 29.5. The molecular formula is C59H86N20O3. The first-order chi connectivity index (χ1) is 39.6. The van der Waals surface area contributed by atoms with Crippen molar-refractivity contribution in [3.63, 3.8) is 0 Å². The van der Waals surface area contributed by atoms with E-state index < -0.39 is 0 Å². The Hall–Kier alpha value is -8.31. The lowest BCUT2D eigenvalue weighted by atomic mass is 9.96. The average Bonchev–Trinajstić information content (AvgIpc) is 4.26. The molecule has 0 spiro atoms. The van der Waals surface area contributed by atoms with E-state index in [1.165, 1.54) is 25.8 Å². The lowest BCUT2D eigenvalue weighted by Crippen LogP contribution is -2.42. The molecule has 23 nitrogen and oxygen atoms in total. The molecule has 7 aromatic rings. The van der Waals surface area contributed by atoms with Crippen LogP contribution in [0.25, 0.3) is 5.69 Å². The average molecular weight is 1120 g/mol. The number of carbonyl (C=O) groups excluding carboxylic acids is 1. The number of methoxy groups -OCH3 is 1. The van der Waals surface area contributed by atoms with Gasteiger partial charge in [0.2, 0.25) is 18.2 Å². The highest BCUT2D eigenvalue weighted by atomic mass is 16.5. The zero-order chi connectivity index (χ0) is 58.5. The second-order valence-electron chi connectivity index (χ2n) is 21.6. The molecule has 0 radical (unpaired) electrons. The quantitative estimate of drug-likeness (QED) is 0.0965. The summed E-state index contributed by atoms with van der Waals surface area (Å²) in [6.45, 7) is 13.0. The van der Waals surface area contributed by atoms with Gasteiger partial charge in [0.15, 0.2) is 0 Å². The number of anilines is 9. The van der Waals surface area contributed by atoms with E-state index in [2.05, 4.69) is 78.7 Å². The van der Waals surface area contributed by atoms with Gasteiger partial charge in [0.05, 0.1) is 112 Å². The van der Waals surface area contributed by atoms with Gasteiger partial charge in [-0.1, -0.05) is 0 Å². The van der Waals surface area contributed by atoms with Gasteiger partial charge in [-0.15, -0.1) is 10.2 Å². The summed E-state index contributed by atoms with van der Waals surface area (Å²) in [4.78, 5) is 49.3. The predicted octanol–water partition coefficient (Wildman–Crippen LogP) is 6.59. The van der Waals surface area contributed by atoms with E-state index in [-0.39, 0.29) is 11.8 Å².